The third-order valence-electron chi connectivity index (χ3n) is 3.28. The molecule has 1 unspecified atom stereocenters. The number of aliphatic hydroxyl groups is 1. The average Bonchev–Trinajstić information content (AvgIpc) is 2.43. The topological polar surface area (TPSA) is 49.3 Å². The van der Waals surface area contributed by atoms with Crippen LogP contribution in [0.1, 0.15) is 24.2 Å². The molecule has 0 aliphatic carbocycles. The second kappa shape index (κ2) is 5.85. The standard InChI is InChI=1S/C16H19NO2/c1-11(2)15(18)10-17-16(19)14-9-5-7-12-6-3-4-8-13(12)14/h3-9,11,15,18H,10H2,1-2H3,(H,17,19). The molecule has 3 nitrogen and oxygen atoms in total. The highest BCUT2D eigenvalue weighted by Crippen LogP contribution is 2.18. The fraction of sp³-hybridized carbons (Fsp3) is 0.312. The monoisotopic (exact) mass is 257 g/mol. The maximum atomic E-state index is 12.2. The van der Waals surface area contributed by atoms with E-state index in [4.69, 9.17) is 0 Å². The molecule has 0 spiro atoms. The van der Waals surface area contributed by atoms with Crippen LogP contribution in [0.5, 0.6) is 0 Å². The normalized spacial score (nSPS) is 12.6. The van der Waals surface area contributed by atoms with Crippen molar-refractivity contribution < 1.29 is 9.90 Å². The van der Waals surface area contributed by atoms with Crippen LogP contribution >= 0.6 is 0 Å². The van der Waals surface area contributed by atoms with Crippen LogP contribution in [-0.4, -0.2) is 23.7 Å². The van der Waals surface area contributed by atoms with E-state index in [2.05, 4.69) is 5.32 Å². The molecule has 0 fully saturated rings. The molecule has 1 amide bonds. The minimum atomic E-state index is -0.515. The van der Waals surface area contributed by atoms with Gasteiger partial charge in [0, 0.05) is 12.1 Å². The fourth-order valence-electron chi connectivity index (χ4n) is 1.95. The first-order chi connectivity index (χ1) is 9.09. The van der Waals surface area contributed by atoms with Crippen molar-refractivity contribution in [1.29, 1.82) is 0 Å². The summed E-state index contributed by atoms with van der Waals surface area (Å²) >= 11 is 0. The van der Waals surface area contributed by atoms with Gasteiger partial charge in [0.25, 0.3) is 5.91 Å². The molecule has 0 saturated carbocycles. The van der Waals surface area contributed by atoms with Gasteiger partial charge >= 0.3 is 0 Å². The molecule has 0 aliphatic heterocycles. The van der Waals surface area contributed by atoms with Gasteiger partial charge < -0.3 is 10.4 Å². The lowest BCUT2D eigenvalue weighted by molar-refractivity contribution is 0.0873. The number of hydrogen-bond donors (Lipinski definition) is 2. The summed E-state index contributed by atoms with van der Waals surface area (Å²) in [6.07, 6.45) is -0.515. The van der Waals surface area contributed by atoms with Crippen LogP contribution in [0.4, 0.5) is 0 Å². The van der Waals surface area contributed by atoms with E-state index < -0.39 is 6.10 Å². The van der Waals surface area contributed by atoms with E-state index in [1.54, 1.807) is 6.07 Å². The molecular weight excluding hydrogens is 238 g/mol. The Morgan fingerprint density at radius 2 is 1.84 bits per heavy atom. The van der Waals surface area contributed by atoms with Gasteiger partial charge in [-0.25, -0.2) is 0 Å². The van der Waals surface area contributed by atoms with E-state index >= 15 is 0 Å². The number of hydrogen-bond acceptors (Lipinski definition) is 2. The minimum Gasteiger partial charge on any atom is -0.391 e. The van der Waals surface area contributed by atoms with Gasteiger partial charge in [0.05, 0.1) is 6.10 Å². The van der Waals surface area contributed by atoms with E-state index in [-0.39, 0.29) is 18.4 Å². The summed E-state index contributed by atoms with van der Waals surface area (Å²) in [6.45, 7) is 4.13. The summed E-state index contributed by atoms with van der Waals surface area (Å²) in [5.41, 5.74) is 0.647. The third-order valence-corrected chi connectivity index (χ3v) is 3.28. The largest absolute Gasteiger partial charge is 0.391 e. The highest BCUT2D eigenvalue weighted by atomic mass is 16.3. The van der Waals surface area contributed by atoms with Crippen LogP contribution < -0.4 is 5.32 Å². The summed E-state index contributed by atoms with van der Waals surface area (Å²) in [6, 6.07) is 13.4. The molecule has 100 valence electrons. The van der Waals surface area contributed by atoms with E-state index in [0.717, 1.165) is 10.8 Å². The predicted molar refractivity (Wildman–Crippen MR) is 77.1 cm³/mol. The van der Waals surface area contributed by atoms with E-state index in [1.165, 1.54) is 0 Å². The number of benzene rings is 2. The quantitative estimate of drug-likeness (QED) is 0.884. The summed E-state index contributed by atoms with van der Waals surface area (Å²) in [5, 5.41) is 14.5. The number of amides is 1. The van der Waals surface area contributed by atoms with Gasteiger partial charge in [-0.15, -0.1) is 0 Å². The van der Waals surface area contributed by atoms with Crippen molar-refractivity contribution in [2.75, 3.05) is 6.54 Å². The van der Waals surface area contributed by atoms with Gasteiger partial charge in [-0.2, -0.15) is 0 Å². The number of rotatable bonds is 4. The van der Waals surface area contributed by atoms with Crippen molar-refractivity contribution in [1.82, 2.24) is 5.32 Å². The summed E-state index contributed by atoms with van der Waals surface area (Å²) in [7, 11) is 0. The van der Waals surface area contributed by atoms with Crippen LogP contribution in [0, 0.1) is 5.92 Å². The van der Waals surface area contributed by atoms with Crippen LogP contribution in [-0.2, 0) is 0 Å². The van der Waals surface area contributed by atoms with Crippen molar-refractivity contribution in [2.45, 2.75) is 20.0 Å². The Morgan fingerprint density at radius 1 is 1.16 bits per heavy atom. The van der Waals surface area contributed by atoms with Gasteiger partial charge in [0.2, 0.25) is 0 Å². The number of fused-ring (bicyclic) bond motifs is 1. The molecule has 0 bridgehead atoms. The number of aliphatic hydroxyl groups excluding tert-OH is 1. The molecule has 2 aromatic carbocycles. The Labute approximate surface area is 113 Å². The Kier molecular flexibility index (Phi) is 4.17. The first-order valence-corrected chi connectivity index (χ1v) is 6.53. The van der Waals surface area contributed by atoms with Gasteiger partial charge in [-0.3, -0.25) is 4.79 Å². The smallest absolute Gasteiger partial charge is 0.252 e. The molecule has 19 heavy (non-hydrogen) atoms. The number of carbonyl (C=O) groups is 1. The van der Waals surface area contributed by atoms with Gasteiger partial charge in [-0.05, 0) is 22.8 Å². The molecule has 2 aromatic rings. The molecule has 0 saturated heterocycles. The van der Waals surface area contributed by atoms with E-state index in [0.29, 0.717) is 5.56 Å². The molecule has 2 N–H and O–H groups in total. The third kappa shape index (κ3) is 3.12. The Hall–Kier alpha value is -1.87. The Bertz CT molecular complexity index is 572. The van der Waals surface area contributed by atoms with Crippen LogP contribution in [0.2, 0.25) is 0 Å². The molecular formula is C16H19NO2. The van der Waals surface area contributed by atoms with Gasteiger partial charge in [0.1, 0.15) is 0 Å². The molecule has 2 rings (SSSR count). The predicted octanol–water partition coefficient (Wildman–Crippen LogP) is 2.59. The average molecular weight is 257 g/mol. The van der Waals surface area contributed by atoms with Crippen LogP contribution in [0.15, 0.2) is 42.5 Å². The lowest BCUT2D eigenvalue weighted by atomic mass is 10.0. The molecule has 3 heteroatoms. The first kappa shape index (κ1) is 13.6. The zero-order valence-electron chi connectivity index (χ0n) is 11.3. The SMILES string of the molecule is CC(C)C(O)CNC(=O)c1cccc2ccccc12. The molecule has 0 heterocycles. The van der Waals surface area contributed by atoms with Crippen molar-refractivity contribution in [2.24, 2.45) is 5.92 Å². The number of nitrogens with one attached hydrogen (secondary N) is 1. The zero-order valence-corrected chi connectivity index (χ0v) is 11.3. The molecule has 0 aromatic heterocycles. The van der Waals surface area contributed by atoms with E-state index in [9.17, 15) is 9.90 Å². The Morgan fingerprint density at radius 3 is 2.58 bits per heavy atom. The molecule has 0 aliphatic rings. The Balaban J connectivity index is 2.18. The fourth-order valence-corrected chi connectivity index (χ4v) is 1.95. The second-order valence-corrected chi connectivity index (χ2v) is 5.05. The van der Waals surface area contributed by atoms with Gasteiger partial charge in [-0.1, -0.05) is 50.2 Å². The number of carbonyl (C=O) groups excluding carboxylic acids is 1. The molecule has 1 atom stereocenters. The van der Waals surface area contributed by atoms with Crippen molar-refractivity contribution in [3.8, 4) is 0 Å². The maximum absolute atomic E-state index is 12.2. The lowest BCUT2D eigenvalue weighted by Crippen LogP contribution is -2.34. The molecule has 0 radical (unpaired) electrons. The summed E-state index contributed by atoms with van der Waals surface area (Å²) in [5.74, 6) is -0.00989. The minimum absolute atomic E-state index is 0.132. The van der Waals surface area contributed by atoms with Crippen molar-refractivity contribution in [3.05, 3.63) is 48.0 Å². The highest BCUT2D eigenvalue weighted by molar-refractivity contribution is 6.06. The van der Waals surface area contributed by atoms with Crippen LogP contribution in [0.3, 0.4) is 0 Å². The zero-order chi connectivity index (χ0) is 13.8. The second-order valence-electron chi connectivity index (χ2n) is 5.05. The maximum Gasteiger partial charge on any atom is 0.252 e. The summed E-state index contributed by atoms with van der Waals surface area (Å²) < 4.78 is 0. The van der Waals surface area contributed by atoms with Gasteiger partial charge in [0.15, 0.2) is 0 Å². The summed E-state index contributed by atoms with van der Waals surface area (Å²) in [4.78, 5) is 12.2. The van der Waals surface area contributed by atoms with Crippen molar-refractivity contribution in [3.63, 3.8) is 0 Å². The van der Waals surface area contributed by atoms with Crippen molar-refractivity contribution >= 4 is 16.7 Å². The lowest BCUT2D eigenvalue weighted by Gasteiger charge is -2.15. The highest BCUT2D eigenvalue weighted by Gasteiger charge is 2.13. The van der Waals surface area contributed by atoms with Crippen LogP contribution in [0.25, 0.3) is 10.8 Å². The first-order valence-electron chi connectivity index (χ1n) is 6.53. The van der Waals surface area contributed by atoms with E-state index in [1.807, 2.05) is 50.2 Å².